The molecular weight excluding hydrogens is 257 g/mol. The van der Waals surface area contributed by atoms with Crippen molar-refractivity contribution in [2.24, 2.45) is 0 Å². The fraction of sp³-hybridized carbons (Fsp3) is 1.00. The molecule has 17 heavy (non-hydrogen) atoms. The van der Waals surface area contributed by atoms with Crippen molar-refractivity contribution in [3.63, 3.8) is 0 Å². The van der Waals surface area contributed by atoms with Gasteiger partial charge in [-0.05, 0) is 39.5 Å². The highest BCUT2D eigenvalue weighted by atomic mass is 32.5. The largest absolute Gasteiger partial charge is 0.378 e. The Balaban J connectivity index is 3.60. The second kappa shape index (κ2) is 8.57. The highest BCUT2D eigenvalue weighted by Gasteiger charge is 2.12. The standard InChI is InChI=1S/C11H26NO3PS/c1-10(2)12(11(3)4)6-7-14-8-9-15-16(5,13)17/h10-11H,6-9H2,1-5H3,(H,13,17). The van der Waals surface area contributed by atoms with Gasteiger partial charge in [0.25, 0.3) is 0 Å². The maximum Gasteiger partial charge on any atom is 0.183 e. The first-order valence-electron chi connectivity index (χ1n) is 6.02. The van der Waals surface area contributed by atoms with Crippen LogP contribution in [0.4, 0.5) is 0 Å². The van der Waals surface area contributed by atoms with Crippen molar-refractivity contribution in [1.82, 2.24) is 4.90 Å². The zero-order chi connectivity index (χ0) is 13.5. The minimum absolute atomic E-state index is 0.369. The van der Waals surface area contributed by atoms with E-state index in [1.54, 1.807) is 6.66 Å². The van der Waals surface area contributed by atoms with Crippen LogP contribution in [-0.2, 0) is 21.1 Å². The summed E-state index contributed by atoms with van der Waals surface area (Å²) in [5.74, 6) is 0. The summed E-state index contributed by atoms with van der Waals surface area (Å²) in [4.78, 5) is 11.6. The predicted molar refractivity (Wildman–Crippen MR) is 76.2 cm³/mol. The third-order valence-electron chi connectivity index (χ3n) is 2.38. The number of rotatable bonds is 9. The molecule has 1 atom stereocenters. The monoisotopic (exact) mass is 283 g/mol. The van der Waals surface area contributed by atoms with E-state index in [0.717, 1.165) is 6.54 Å². The van der Waals surface area contributed by atoms with Crippen LogP contribution in [0.25, 0.3) is 0 Å². The lowest BCUT2D eigenvalue weighted by Gasteiger charge is -2.30. The van der Waals surface area contributed by atoms with Gasteiger partial charge in [0.15, 0.2) is 6.49 Å². The summed E-state index contributed by atoms with van der Waals surface area (Å²) >= 11 is 4.75. The molecule has 104 valence electrons. The minimum atomic E-state index is -2.52. The summed E-state index contributed by atoms with van der Waals surface area (Å²) in [6.07, 6.45) is 0. The van der Waals surface area contributed by atoms with E-state index in [1.807, 2.05) is 0 Å². The molecule has 0 spiro atoms. The Bertz CT molecular complexity index is 235. The predicted octanol–water partition coefficient (Wildman–Crippen LogP) is 2.07. The van der Waals surface area contributed by atoms with Gasteiger partial charge in [0.1, 0.15) is 0 Å². The van der Waals surface area contributed by atoms with E-state index in [9.17, 15) is 4.89 Å². The van der Waals surface area contributed by atoms with E-state index >= 15 is 0 Å². The van der Waals surface area contributed by atoms with Crippen LogP contribution in [0.15, 0.2) is 0 Å². The number of ether oxygens (including phenoxy) is 1. The molecule has 0 fully saturated rings. The molecule has 0 aromatic heterocycles. The molecule has 4 nitrogen and oxygen atoms in total. The van der Waals surface area contributed by atoms with Crippen LogP contribution in [0.3, 0.4) is 0 Å². The Morgan fingerprint density at radius 2 is 1.65 bits per heavy atom. The summed E-state index contributed by atoms with van der Waals surface area (Å²) in [5.41, 5.74) is 0. The van der Waals surface area contributed by atoms with E-state index in [0.29, 0.717) is 31.9 Å². The van der Waals surface area contributed by atoms with Crippen molar-refractivity contribution < 1.29 is 14.2 Å². The fourth-order valence-electron chi connectivity index (χ4n) is 1.65. The number of hydrogen-bond acceptors (Lipinski definition) is 4. The first kappa shape index (κ1) is 17.5. The molecule has 0 radical (unpaired) electrons. The van der Waals surface area contributed by atoms with Crippen LogP contribution in [0.1, 0.15) is 27.7 Å². The Hall–Kier alpha value is 0.490. The van der Waals surface area contributed by atoms with Gasteiger partial charge < -0.3 is 14.2 Å². The number of hydrogen-bond donors (Lipinski definition) is 1. The third-order valence-corrected chi connectivity index (χ3v) is 3.36. The summed E-state index contributed by atoms with van der Waals surface area (Å²) < 4.78 is 10.5. The molecule has 0 amide bonds. The van der Waals surface area contributed by atoms with Gasteiger partial charge in [-0.2, -0.15) is 0 Å². The van der Waals surface area contributed by atoms with Gasteiger partial charge >= 0.3 is 0 Å². The molecule has 6 heteroatoms. The molecule has 0 bridgehead atoms. The van der Waals surface area contributed by atoms with E-state index in [4.69, 9.17) is 21.1 Å². The quantitative estimate of drug-likeness (QED) is 0.518. The number of nitrogens with zero attached hydrogens (tertiary/aromatic N) is 1. The zero-order valence-corrected chi connectivity index (χ0v) is 13.3. The molecule has 0 heterocycles. The summed E-state index contributed by atoms with van der Waals surface area (Å²) in [6.45, 7) is 10.2. The molecule has 1 N–H and O–H groups in total. The van der Waals surface area contributed by atoms with E-state index in [-0.39, 0.29) is 0 Å². The van der Waals surface area contributed by atoms with Crippen molar-refractivity contribution in [3.8, 4) is 0 Å². The fourth-order valence-corrected chi connectivity index (χ4v) is 2.29. The highest BCUT2D eigenvalue weighted by molar-refractivity contribution is 8.09. The first-order chi connectivity index (χ1) is 7.74. The average molecular weight is 283 g/mol. The third kappa shape index (κ3) is 10.1. The second-order valence-corrected chi connectivity index (χ2v) is 8.57. The van der Waals surface area contributed by atoms with Crippen molar-refractivity contribution >= 4 is 18.3 Å². The van der Waals surface area contributed by atoms with Crippen molar-refractivity contribution in [2.75, 3.05) is 33.0 Å². The van der Waals surface area contributed by atoms with Crippen molar-refractivity contribution in [3.05, 3.63) is 0 Å². The van der Waals surface area contributed by atoms with Gasteiger partial charge in [-0.3, -0.25) is 4.90 Å². The molecule has 0 aliphatic rings. The van der Waals surface area contributed by atoms with Gasteiger partial charge in [-0.25, -0.2) is 0 Å². The molecule has 0 aromatic carbocycles. The molecule has 0 aliphatic carbocycles. The smallest absolute Gasteiger partial charge is 0.183 e. The van der Waals surface area contributed by atoms with Crippen LogP contribution >= 0.6 is 6.49 Å². The van der Waals surface area contributed by atoms with E-state index in [1.165, 1.54) is 0 Å². The van der Waals surface area contributed by atoms with Gasteiger partial charge in [0, 0.05) is 25.3 Å². The average Bonchev–Trinajstić information content (AvgIpc) is 2.13. The Morgan fingerprint density at radius 1 is 1.12 bits per heavy atom. The maximum absolute atomic E-state index is 9.25. The summed E-state index contributed by atoms with van der Waals surface area (Å²) in [5, 5.41) is 0. The second-order valence-electron chi connectivity index (χ2n) is 4.67. The SMILES string of the molecule is CC(C)N(CCOCCOP(C)(O)=S)C(C)C. The van der Waals surface area contributed by atoms with Crippen molar-refractivity contribution in [1.29, 1.82) is 0 Å². The lowest BCUT2D eigenvalue weighted by atomic mass is 10.2. The van der Waals surface area contributed by atoms with Gasteiger partial charge in [-0.15, -0.1) is 0 Å². The Labute approximate surface area is 110 Å². The van der Waals surface area contributed by atoms with Crippen molar-refractivity contribution in [2.45, 2.75) is 39.8 Å². The maximum atomic E-state index is 9.25. The molecule has 0 rings (SSSR count). The molecule has 0 aliphatic heterocycles. The topological polar surface area (TPSA) is 41.9 Å². The van der Waals surface area contributed by atoms with Gasteiger partial charge in [-0.1, -0.05) is 0 Å². The first-order valence-corrected chi connectivity index (χ1v) is 9.14. The molecule has 1 unspecified atom stereocenters. The molecule has 0 aromatic rings. The molecule has 0 saturated carbocycles. The van der Waals surface area contributed by atoms with Crippen LogP contribution in [0.5, 0.6) is 0 Å². The Kier molecular flexibility index (Phi) is 8.81. The van der Waals surface area contributed by atoms with Crippen LogP contribution in [0, 0.1) is 0 Å². The van der Waals surface area contributed by atoms with Crippen LogP contribution in [-0.4, -0.2) is 54.9 Å². The van der Waals surface area contributed by atoms with Gasteiger partial charge in [0.2, 0.25) is 0 Å². The minimum Gasteiger partial charge on any atom is -0.378 e. The normalized spacial score (nSPS) is 15.8. The van der Waals surface area contributed by atoms with Crippen LogP contribution < -0.4 is 0 Å². The summed E-state index contributed by atoms with van der Waals surface area (Å²) in [7, 11) is 0. The lowest BCUT2D eigenvalue weighted by molar-refractivity contribution is 0.0624. The van der Waals surface area contributed by atoms with E-state index < -0.39 is 6.49 Å². The summed E-state index contributed by atoms with van der Waals surface area (Å²) in [6, 6.07) is 1.04. The van der Waals surface area contributed by atoms with Gasteiger partial charge in [0.05, 0.1) is 19.8 Å². The van der Waals surface area contributed by atoms with Crippen LogP contribution in [0.2, 0.25) is 0 Å². The lowest BCUT2D eigenvalue weighted by Crippen LogP contribution is -2.39. The van der Waals surface area contributed by atoms with E-state index in [2.05, 4.69) is 32.6 Å². The zero-order valence-electron chi connectivity index (χ0n) is 11.5. The Morgan fingerprint density at radius 3 is 2.06 bits per heavy atom. The molecular formula is C11H26NO3PS. The highest BCUT2D eigenvalue weighted by Crippen LogP contribution is 2.36. The molecule has 0 saturated heterocycles.